The normalized spacial score (nSPS) is 25.5. The monoisotopic (exact) mass is 304 g/mol. The maximum Gasteiger partial charge on any atom is 0.0794 e. The summed E-state index contributed by atoms with van der Waals surface area (Å²) in [6, 6.07) is 9.28. The molecule has 2 saturated heterocycles. The van der Waals surface area contributed by atoms with Crippen molar-refractivity contribution in [3.8, 4) is 0 Å². The van der Waals surface area contributed by atoms with Gasteiger partial charge in [-0.3, -0.25) is 9.80 Å². The van der Waals surface area contributed by atoms with Crippen molar-refractivity contribution in [2.45, 2.75) is 31.9 Å². The van der Waals surface area contributed by atoms with Crippen molar-refractivity contribution in [2.75, 3.05) is 45.9 Å². The van der Waals surface area contributed by atoms with E-state index in [1.165, 1.54) is 24.0 Å². The third-order valence-corrected chi connectivity index (χ3v) is 4.81. The summed E-state index contributed by atoms with van der Waals surface area (Å²) in [6.07, 6.45) is 2.15. The number of hydrogen-bond acceptors (Lipinski definition) is 4. The second-order valence-electron chi connectivity index (χ2n) is 6.63. The van der Waals surface area contributed by atoms with Crippen molar-refractivity contribution in [2.24, 2.45) is 0 Å². The number of likely N-dealkylation sites (tertiary alicyclic amines) is 1. The summed E-state index contributed by atoms with van der Waals surface area (Å²) in [7, 11) is 0. The molecule has 22 heavy (non-hydrogen) atoms. The number of benzene rings is 1. The van der Waals surface area contributed by atoms with Gasteiger partial charge in [0.15, 0.2) is 0 Å². The van der Waals surface area contributed by atoms with Crippen LogP contribution in [0.15, 0.2) is 24.3 Å². The molecule has 0 saturated carbocycles. The average molecular weight is 304 g/mol. The summed E-state index contributed by atoms with van der Waals surface area (Å²) < 4.78 is 5.37. The average Bonchev–Trinajstić information content (AvgIpc) is 2.96. The van der Waals surface area contributed by atoms with Gasteiger partial charge in [-0.1, -0.05) is 29.8 Å². The van der Waals surface area contributed by atoms with E-state index in [1.54, 1.807) is 0 Å². The smallest absolute Gasteiger partial charge is 0.0794 e. The third kappa shape index (κ3) is 4.07. The van der Waals surface area contributed by atoms with E-state index in [2.05, 4.69) is 41.0 Å². The second-order valence-corrected chi connectivity index (χ2v) is 6.63. The zero-order valence-electron chi connectivity index (χ0n) is 13.6. The molecule has 0 bridgehead atoms. The van der Waals surface area contributed by atoms with Crippen LogP contribution in [0, 0.1) is 6.92 Å². The minimum Gasteiger partial charge on any atom is -0.390 e. The molecule has 1 aromatic rings. The van der Waals surface area contributed by atoms with Crippen molar-refractivity contribution < 1.29 is 9.84 Å². The molecule has 2 unspecified atom stereocenters. The van der Waals surface area contributed by atoms with E-state index in [9.17, 15) is 5.11 Å². The summed E-state index contributed by atoms with van der Waals surface area (Å²) >= 11 is 0. The number of morpholine rings is 1. The van der Waals surface area contributed by atoms with Gasteiger partial charge in [-0.15, -0.1) is 0 Å². The molecule has 2 aliphatic rings. The van der Waals surface area contributed by atoms with Gasteiger partial charge in [-0.2, -0.15) is 0 Å². The maximum absolute atomic E-state index is 10.5. The summed E-state index contributed by atoms with van der Waals surface area (Å²) in [5, 5.41) is 10.5. The van der Waals surface area contributed by atoms with Crippen LogP contribution in [-0.2, 0) is 4.74 Å². The van der Waals surface area contributed by atoms with E-state index in [0.29, 0.717) is 6.04 Å². The topological polar surface area (TPSA) is 35.9 Å². The SMILES string of the molecule is Cc1cccc(C2CCCN2CC(O)CN2CCOCC2)c1. The van der Waals surface area contributed by atoms with Gasteiger partial charge in [0.25, 0.3) is 0 Å². The molecule has 0 aromatic heterocycles. The van der Waals surface area contributed by atoms with Crippen molar-refractivity contribution in [1.29, 1.82) is 0 Å². The summed E-state index contributed by atoms with van der Waals surface area (Å²) in [6.45, 7) is 8.26. The fraction of sp³-hybridized carbons (Fsp3) is 0.667. The van der Waals surface area contributed by atoms with Gasteiger partial charge < -0.3 is 9.84 Å². The fourth-order valence-electron chi connectivity index (χ4n) is 3.71. The number of aliphatic hydroxyl groups is 1. The van der Waals surface area contributed by atoms with E-state index in [0.717, 1.165) is 45.9 Å². The van der Waals surface area contributed by atoms with Gasteiger partial charge in [-0.25, -0.2) is 0 Å². The molecule has 0 amide bonds. The Morgan fingerprint density at radius 2 is 2.05 bits per heavy atom. The van der Waals surface area contributed by atoms with Crippen molar-refractivity contribution >= 4 is 0 Å². The van der Waals surface area contributed by atoms with E-state index in [1.807, 2.05) is 0 Å². The van der Waals surface area contributed by atoms with Crippen molar-refractivity contribution in [3.63, 3.8) is 0 Å². The van der Waals surface area contributed by atoms with Crippen molar-refractivity contribution in [3.05, 3.63) is 35.4 Å². The zero-order chi connectivity index (χ0) is 15.4. The molecule has 4 nitrogen and oxygen atoms in total. The standard InChI is InChI=1S/C18H28N2O2/c1-15-4-2-5-16(12-15)18-6-3-7-20(18)14-17(21)13-19-8-10-22-11-9-19/h2,4-5,12,17-18,21H,3,6-11,13-14H2,1H3. The number of nitrogens with zero attached hydrogens (tertiary/aromatic N) is 2. The lowest BCUT2D eigenvalue weighted by molar-refractivity contribution is 0.00585. The molecule has 4 heteroatoms. The molecule has 3 rings (SSSR count). The highest BCUT2D eigenvalue weighted by Crippen LogP contribution is 2.32. The fourth-order valence-corrected chi connectivity index (χ4v) is 3.71. The Balaban J connectivity index is 1.56. The lowest BCUT2D eigenvalue weighted by Crippen LogP contribution is -2.44. The molecule has 2 heterocycles. The van der Waals surface area contributed by atoms with Crippen LogP contribution in [0.5, 0.6) is 0 Å². The van der Waals surface area contributed by atoms with Gasteiger partial charge in [-0.05, 0) is 31.9 Å². The van der Waals surface area contributed by atoms with Crippen LogP contribution in [0.2, 0.25) is 0 Å². The number of rotatable bonds is 5. The first kappa shape index (κ1) is 15.9. The minimum atomic E-state index is -0.275. The first-order chi connectivity index (χ1) is 10.7. The molecule has 122 valence electrons. The summed E-state index contributed by atoms with van der Waals surface area (Å²) in [5.41, 5.74) is 2.72. The minimum absolute atomic E-state index is 0.275. The predicted octanol–water partition coefficient (Wildman–Crippen LogP) is 1.83. The largest absolute Gasteiger partial charge is 0.390 e. The molecule has 2 fully saturated rings. The Morgan fingerprint density at radius 1 is 1.23 bits per heavy atom. The quantitative estimate of drug-likeness (QED) is 0.900. The van der Waals surface area contributed by atoms with Gasteiger partial charge in [0, 0.05) is 32.2 Å². The molecule has 1 N–H and O–H groups in total. The molecule has 0 aliphatic carbocycles. The van der Waals surface area contributed by atoms with E-state index in [-0.39, 0.29) is 6.10 Å². The second kappa shape index (κ2) is 7.55. The first-order valence-corrected chi connectivity index (χ1v) is 8.51. The Labute approximate surface area is 133 Å². The Bertz CT molecular complexity index is 474. The summed E-state index contributed by atoms with van der Waals surface area (Å²) in [4.78, 5) is 4.77. The molecule has 2 atom stereocenters. The third-order valence-electron chi connectivity index (χ3n) is 4.81. The zero-order valence-corrected chi connectivity index (χ0v) is 13.6. The lowest BCUT2D eigenvalue weighted by atomic mass is 10.0. The van der Waals surface area contributed by atoms with Crippen molar-refractivity contribution in [1.82, 2.24) is 9.80 Å². The number of β-amino-alcohol motifs (C(OH)–C–C–N with tert-alkyl or cyclic N) is 1. The highest BCUT2D eigenvalue weighted by atomic mass is 16.5. The highest BCUT2D eigenvalue weighted by Gasteiger charge is 2.28. The molecular formula is C18H28N2O2. The number of ether oxygens (including phenoxy) is 1. The van der Waals surface area contributed by atoms with Crippen LogP contribution in [0.4, 0.5) is 0 Å². The van der Waals surface area contributed by atoms with Crippen LogP contribution >= 0.6 is 0 Å². The first-order valence-electron chi connectivity index (χ1n) is 8.51. The molecule has 1 aromatic carbocycles. The maximum atomic E-state index is 10.5. The van der Waals surface area contributed by atoms with Crippen LogP contribution in [0.3, 0.4) is 0 Å². The van der Waals surface area contributed by atoms with E-state index >= 15 is 0 Å². The van der Waals surface area contributed by atoms with E-state index in [4.69, 9.17) is 4.74 Å². The number of aliphatic hydroxyl groups excluding tert-OH is 1. The van der Waals surface area contributed by atoms with Gasteiger partial charge in [0.05, 0.1) is 19.3 Å². The van der Waals surface area contributed by atoms with Gasteiger partial charge in [0.1, 0.15) is 0 Å². The Morgan fingerprint density at radius 3 is 2.82 bits per heavy atom. The van der Waals surface area contributed by atoms with Crippen LogP contribution in [-0.4, -0.2) is 66.9 Å². The van der Waals surface area contributed by atoms with Gasteiger partial charge >= 0.3 is 0 Å². The predicted molar refractivity (Wildman–Crippen MR) is 88.0 cm³/mol. The summed E-state index contributed by atoms with van der Waals surface area (Å²) in [5.74, 6) is 0. The van der Waals surface area contributed by atoms with Crippen LogP contribution < -0.4 is 0 Å². The molecule has 0 radical (unpaired) electrons. The van der Waals surface area contributed by atoms with E-state index < -0.39 is 0 Å². The Hall–Kier alpha value is -0.940. The molecule has 2 aliphatic heterocycles. The van der Waals surface area contributed by atoms with Crippen LogP contribution in [0.1, 0.15) is 30.0 Å². The number of hydrogen-bond donors (Lipinski definition) is 1. The molecular weight excluding hydrogens is 276 g/mol. The van der Waals surface area contributed by atoms with Crippen LogP contribution in [0.25, 0.3) is 0 Å². The molecule has 0 spiro atoms. The highest BCUT2D eigenvalue weighted by molar-refractivity contribution is 5.25. The Kier molecular flexibility index (Phi) is 5.47. The van der Waals surface area contributed by atoms with Gasteiger partial charge in [0.2, 0.25) is 0 Å². The number of aryl methyl sites for hydroxylation is 1. The lowest BCUT2D eigenvalue weighted by Gasteiger charge is -2.32.